The molecule has 0 bridgehead atoms. The summed E-state index contributed by atoms with van der Waals surface area (Å²) < 4.78 is 91.3. The van der Waals surface area contributed by atoms with Crippen LogP contribution in [-0.4, -0.2) is 12.4 Å². The number of Topliss-reactive ketones (excluding diaryl/α,β-unsaturated/α-hetero) is 1. The second-order valence-electron chi connectivity index (χ2n) is 3.67. The summed E-state index contributed by atoms with van der Waals surface area (Å²) in [5.41, 5.74) is -4.25. The Kier molecular flexibility index (Phi) is 4.61. The first kappa shape index (κ1) is 16.3. The Balaban J connectivity index is 3.62. The lowest BCUT2D eigenvalue weighted by Gasteiger charge is -2.18. The van der Waals surface area contributed by atoms with E-state index in [1.807, 2.05) is 0 Å². The van der Waals surface area contributed by atoms with E-state index in [1.54, 1.807) is 0 Å². The molecule has 0 saturated carbocycles. The van der Waals surface area contributed by atoms with Gasteiger partial charge in [0.2, 0.25) is 0 Å². The van der Waals surface area contributed by atoms with Gasteiger partial charge in [0.15, 0.2) is 5.78 Å². The van der Waals surface area contributed by atoms with Gasteiger partial charge in [0.25, 0.3) is 6.43 Å². The van der Waals surface area contributed by atoms with E-state index in [4.69, 9.17) is 0 Å². The molecule has 0 heterocycles. The summed E-state index contributed by atoms with van der Waals surface area (Å²) in [7, 11) is 0. The first-order valence-electron chi connectivity index (χ1n) is 5.03. The molecule has 0 saturated heterocycles. The molecule has 1 rings (SSSR count). The van der Waals surface area contributed by atoms with Crippen molar-refractivity contribution in [1.82, 2.24) is 0 Å². The van der Waals surface area contributed by atoms with Gasteiger partial charge in [0, 0.05) is 5.56 Å². The lowest BCUT2D eigenvalue weighted by molar-refractivity contribution is -0.140. The Labute approximate surface area is 108 Å². The maximum absolute atomic E-state index is 12.7. The number of ketones is 1. The van der Waals surface area contributed by atoms with E-state index >= 15 is 0 Å². The highest BCUT2D eigenvalue weighted by Gasteiger charge is 2.39. The largest absolute Gasteiger partial charge is 0.434 e. The van der Waals surface area contributed by atoms with Crippen LogP contribution in [0.2, 0.25) is 0 Å². The summed E-state index contributed by atoms with van der Waals surface area (Å²) >= 11 is 0. The number of ether oxygens (including phenoxy) is 1. The highest BCUT2D eigenvalue weighted by molar-refractivity contribution is 5.95. The molecule has 2 nitrogen and oxygen atoms in total. The fraction of sp³-hybridized carbons (Fsp3) is 0.364. The lowest BCUT2D eigenvalue weighted by Crippen LogP contribution is -2.15. The van der Waals surface area contributed by atoms with Gasteiger partial charge in [-0.25, -0.2) is 8.78 Å². The monoisotopic (exact) mass is 304 g/mol. The minimum absolute atomic E-state index is 0.183. The van der Waals surface area contributed by atoms with Gasteiger partial charge in [0.1, 0.15) is 5.75 Å². The Hall–Kier alpha value is -1.80. The fourth-order valence-corrected chi connectivity index (χ4v) is 1.48. The molecule has 0 fully saturated rings. The van der Waals surface area contributed by atoms with Crippen molar-refractivity contribution in [2.24, 2.45) is 0 Å². The highest BCUT2D eigenvalue weighted by atomic mass is 19.4. The second-order valence-corrected chi connectivity index (χ2v) is 3.67. The van der Waals surface area contributed by atoms with E-state index in [0.29, 0.717) is 6.07 Å². The maximum Gasteiger partial charge on any atom is 0.417 e. The molecule has 0 radical (unpaired) electrons. The minimum Gasteiger partial charge on any atom is -0.434 e. The van der Waals surface area contributed by atoms with Crippen molar-refractivity contribution in [2.75, 3.05) is 0 Å². The van der Waals surface area contributed by atoms with Gasteiger partial charge in [0.05, 0.1) is 11.1 Å². The third-order valence-corrected chi connectivity index (χ3v) is 2.29. The molecule has 112 valence electrons. The maximum atomic E-state index is 12.7. The van der Waals surface area contributed by atoms with Gasteiger partial charge in [-0.15, -0.1) is 0 Å². The number of hydrogen-bond donors (Lipinski definition) is 0. The van der Waals surface area contributed by atoms with Crippen molar-refractivity contribution >= 4 is 5.78 Å². The standard InChI is InChI=1S/C11H7F7O2/c1-4(19)5-2-6(11(16,17)18)8(9(12)13)7(3-5)20-10(14)15/h2-3,9-10H,1H3. The van der Waals surface area contributed by atoms with Crippen molar-refractivity contribution in [3.63, 3.8) is 0 Å². The number of carbonyl (C=O) groups is 1. The minimum atomic E-state index is -5.24. The van der Waals surface area contributed by atoms with Crippen LogP contribution in [0.4, 0.5) is 30.7 Å². The number of carbonyl (C=O) groups excluding carboxylic acids is 1. The molecule has 9 heteroatoms. The third kappa shape index (κ3) is 3.61. The van der Waals surface area contributed by atoms with Crippen LogP contribution in [0.25, 0.3) is 0 Å². The van der Waals surface area contributed by atoms with E-state index in [0.717, 1.165) is 6.92 Å². The number of alkyl halides is 7. The zero-order chi connectivity index (χ0) is 15.7. The molecule has 0 aliphatic heterocycles. The summed E-state index contributed by atoms with van der Waals surface area (Å²) in [6.07, 6.45) is -8.93. The van der Waals surface area contributed by atoms with Crippen molar-refractivity contribution < 1.29 is 40.3 Å². The van der Waals surface area contributed by atoms with Crippen LogP contribution in [0.1, 0.15) is 34.8 Å². The molecule has 0 aliphatic carbocycles. The molecule has 1 aromatic carbocycles. The predicted octanol–water partition coefficient (Wildman–Crippen LogP) is 4.45. The van der Waals surface area contributed by atoms with Gasteiger partial charge in [-0.2, -0.15) is 22.0 Å². The van der Waals surface area contributed by atoms with E-state index < -0.39 is 47.4 Å². The molecule has 0 unspecified atom stereocenters. The summed E-state index contributed by atoms with van der Waals surface area (Å²) in [4.78, 5) is 11.0. The van der Waals surface area contributed by atoms with Crippen LogP contribution in [-0.2, 0) is 6.18 Å². The molecule has 0 aromatic heterocycles. The zero-order valence-electron chi connectivity index (χ0n) is 9.77. The number of halogens is 7. The van der Waals surface area contributed by atoms with Gasteiger partial charge in [-0.05, 0) is 19.1 Å². The summed E-state index contributed by atoms with van der Waals surface area (Å²) in [5, 5.41) is 0. The van der Waals surface area contributed by atoms with E-state index in [-0.39, 0.29) is 6.07 Å². The van der Waals surface area contributed by atoms with Gasteiger partial charge >= 0.3 is 12.8 Å². The van der Waals surface area contributed by atoms with Gasteiger partial charge in [-0.1, -0.05) is 0 Å². The van der Waals surface area contributed by atoms with E-state index in [9.17, 15) is 35.5 Å². The molecule has 0 aliphatic rings. The summed E-state index contributed by atoms with van der Waals surface area (Å²) in [6.45, 7) is -2.74. The Morgan fingerprint density at radius 3 is 2.05 bits per heavy atom. The normalized spacial score (nSPS) is 12.1. The quantitative estimate of drug-likeness (QED) is 0.607. The average molecular weight is 304 g/mol. The third-order valence-electron chi connectivity index (χ3n) is 2.29. The predicted molar refractivity (Wildman–Crippen MR) is 53.0 cm³/mol. The molecule has 0 N–H and O–H groups in total. The SMILES string of the molecule is CC(=O)c1cc(OC(F)F)c(C(F)F)c(C(F)(F)F)c1. The van der Waals surface area contributed by atoms with E-state index in [1.165, 1.54) is 0 Å². The second kappa shape index (κ2) is 5.68. The molecular formula is C11H7F7O2. The van der Waals surface area contributed by atoms with Crippen LogP contribution >= 0.6 is 0 Å². The summed E-state index contributed by atoms with van der Waals surface area (Å²) in [5.74, 6) is -2.27. The Morgan fingerprint density at radius 1 is 1.15 bits per heavy atom. The molecule has 20 heavy (non-hydrogen) atoms. The summed E-state index contributed by atoms with van der Waals surface area (Å²) in [6, 6.07) is 0.618. The zero-order valence-corrected chi connectivity index (χ0v) is 9.77. The van der Waals surface area contributed by atoms with E-state index in [2.05, 4.69) is 4.74 Å². The molecule has 0 atom stereocenters. The molecular weight excluding hydrogens is 297 g/mol. The first-order valence-corrected chi connectivity index (χ1v) is 5.03. The highest BCUT2D eigenvalue weighted by Crippen LogP contribution is 2.42. The fourth-order valence-electron chi connectivity index (χ4n) is 1.48. The number of rotatable bonds is 4. The molecule has 1 aromatic rings. The van der Waals surface area contributed by atoms with Crippen LogP contribution in [0.5, 0.6) is 5.75 Å². The van der Waals surface area contributed by atoms with Crippen molar-refractivity contribution in [1.29, 1.82) is 0 Å². The topological polar surface area (TPSA) is 26.3 Å². The Bertz CT molecular complexity index is 508. The lowest BCUT2D eigenvalue weighted by atomic mass is 10.0. The average Bonchev–Trinajstić information content (AvgIpc) is 2.25. The molecule has 0 spiro atoms. The smallest absolute Gasteiger partial charge is 0.417 e. The van der Waals surface area contributed by atoms with Crippen molar-refractivity contribution in [3.05, 3.63) is 28.8 Å². The van der Waals surface area contributed by atoms with Crippen molar-refractivity contribution in [2.45, 2.75) is 26.1 Å². The Morgan fingerprint density at radius 2 is 1.70 bits per heavy atom. The molecule has 0 amide bonds. The first-order chi connectivity index (χ1) is 9.04. The van der Waals surface area contributed by atoms with Gasteiger partial charge < -0.3 is 4.74 Å². The number of hydrogen-bond acceptors (Lipinski definition) is 2. The van der Waals surface area contributed by atoms with Gasteiger partial charge in [-0.3, -0.25) is 4.79 Å². The van der Waals surface area contributed by atoms with Crippen LogP contribution in [0.15, 0.2) is 12.1 Å². The van der Waals surface area contributed by atoms with Crippen LogP contribution < -0.4 is 4.74 Å². The number of benzene rings is 1. The van der Waals surface area contributed by atoms with Crippen LogP contribution in [0, 0.1) is 0 Å². The van der Waals surface area contributed by atoms with Crippen LogP contribution in [0.3, 0.4) is 0 Å². The van der Waals surface area contributed by atoms with Crippen molar-refractivity contribution in [3.8, 4) is 5.75 Å².